The molecule has 2 rings (SSSR count). The predicted molar refractivity (Wildman–Crippen MR) is 76.9 cm³/mol. The van der Waals surface area contributed by atoms with Gasteiger partial charge in [-0.3, -0.25) is 14.9 Å². The highest BCUT2D eigenvalue weighted by molar-refractivity contribution is 9.10. The molecule has 0 aliphatic rings. The van der Waals surface area contributed by atoms with Gasteiger partial charge in [-0.05, 0) is 35.9 Å². The van der Waals surface area contributed by atoms with Crippen molar-refractivity contribution in [2.24, 2.45) is 0 Å². The van der Waals surface area contributed by atoms with Gasteiger partial charge < -0.3 is 4.74 Å². The van der Waals surface area contributed by atoms with Gasteiger partial charge in [-0.1, -0.05) is 15.9 Å². The summed E-state index contributed by atoms with van der Waals surface area (Å²) in [5.41, 5.74) is 0.397. The minimum Gasteiger partial charge on any atom is -0.482 e. The maximum absolute atomic E-state index is 13.2. The zero-order chi connectivity index (χ0) is 15.4. The molecule has 0 unspecified atom stereocenters. The number of carbonyl (C=O) groups is 1. The van der Waals surface area contributed by atoms with E-state index in [1.807, 2.05) is 0 Å². The monoisotopic (exact) mass is 353 g/mol. The molecular formula is C14H9BrFNO4. The Morgan fingerprint density at radius 1 is 1.29 bits per heavy atom. The van der Waals surface area contributed by atoms with Gasteiger partial charge in [0.1, 0.15) is 18.7 Å². The van der Waals surface area contributed by atoms with Crippen molar-refractivity contribution in [1.29, 1.82) is 0 Å². The molecule has 2 aromatic rings. The predicted octanol–water partition coefficient (Wildman–Crippen LogP) is 3.89. The molecule has 0 spiro atoms. The molecule has 0 atom stereocenters. The van der Waals surface area contributed by atoms with E-state index in [4.69, 9.17) is 4.74 Å². The van der Waals surface area contributed by atoms with Crippen LogP contribution >= 0.6 is 15.9 Å². The highest BCUT2D eigenvalue weighted by Gasteiger charge is 2.16. The summed E-state index contributed by atoms with van der Waals surface area (Å²) in [6.07, 6.45) is 0.514. The maximum atomic E-state index is 13.2. The first-order valence-electron chi connectivity index (χ1n) is 5.81. The van der Waals surface area contributed by atoms with E-state index in [1.165, 1.54) is 24.3 Å². The van der Waals surface area contributed by atoms with E-state index in [9.17, 15) is 19.3 Å². The fraction of sp³-hybridized carbons (Fsp3) is 0.0714. The zero-order valence-electron chi connectivity index (χ0n) is 10.6. The zero-order valence-corrected chi connectivity index (χ0v) is 12.2. The lowest BCUT2D eigenvalue weighted by molar-refractivity contribution is -0.386. The Labute approximate surface area is 127 Å². The van der Waals surface area contributed by atoms with Crippen molar-refractivity contribution in [1.82, 2.24) is 0 Å². The van der Waals surface area contributed by atoms with Crippen LogP contribution in [0.1, 0.15) is 15.9 Å². The van der Waals surface area contributed by atoms with Crippen molar-refractivity contribution < 1.29 is 18.8 Å². The quantitative estimate of drug-likeness (QED) is 0.464. The molecule has 2 aromatic carbocycles. The minimum atomic E-state index is -0.635. The van der Waals surface area contributed by atoms with Gasteiger partial charge >= 0.3 is 5.69 Å². The minimum absolute atomic E-state index is 0.0194. The number of hydrogen-bond donors (Lipinski definition) is 0. The summed E-state index contributed by atoms with van der Waals surface area (Å²) >= 11 is 3.15. The summed E-state index contributed by atoms with van der Waals surface area (Å²) in [5.74, 6) is -0.417. The molecule has 21 heavy (non-hydrogen) atoms. The van der Waals surface area contributed by atoms with Crippen molar-refractivity contribution >= 4 is 27.9 Å². The van der Waals surface area contributed by atoms with Gasteiger partial charge in [0.15, 0.2) is 5.75 Å². The maximum Gasteiger partial charge on any atom is 0.311 e. The molecule has 0 saturated heterocycles. The Bertz CT molecular complexity index is 685. The number of nitro groups is 1. The van der Waals surface area contributed by atoms with Crippen molar-refractivity contribution in [3.05, 3.63) is 67.9 Å². The molecule has 0 N–H and O–H groups in total. The molecular weight excluding hydrogens is 345 g/mol. The first kappa shape index (κ1) is 15.1. The van der Waals surface area contributed by atoms with Gasteiger partial charge in [-0.15, -0.1) is 0 Å². The second kappa shape index (κ2) is 6.45. The molecule has 0 bridgehead atoms. The Morgan fingerprint density at radius 2 is 2.05 bits per heavy atom. The third-order valence-electron chi connectivity index (χ3n) is 2.63. The molecule has 0 amide bonds. The number of rotatable bonds is 5. The normalized spacial score (nSPS) is 10.2. The Balaban J connectivity index is 2.23. The second-order valence-corrected chi connectivity index (χ2v) is 5.08. The smallest absolute Gasteiger partial charge is 0.311 e. The number of hydrogen-bond acceptors (Lipinski definition) is 4. The Hall–Kier alpha value is -2.28. The van der Waals surface area contributed by atoms with E-state index in [-0.39, 0.29) is 23.6 Å². The number of benzene rings is 2. The van der Waals surface area contributed by atoms with Gasteiger partial charge in [0.2, 0.25) is 0 Å². The fourth-order valence-corrected chi connectivity index (χ4v) is 2.24. The fourth-order valence-electron chi connectivity index (χ4n) is 1.73. The molecule has 0 fully saturated rings. The van der Waals surface area contributed by atoms with E-state index in [0.29, 0.717) is 16.3 Å². The van der Waals surface area contributed by atoms with Crippen LogP contribution in [0.15, 0.2) is 40.9 Å². The van der Waals surface area contributed by atoms with Gasteiger partial charge in [-0.2, -0.15) is 0 Å². The van der Waals surface area contributed by atoms with Crippen molar-refractivity contribution in [3.8, 4) is 5.75 Å². The summed E-state index contributed by atoms with van der Waals surface area (Å²) < 4.78 is 19.1. The van der Waals surface area contributed by atoms with Crippen molar-refractivity contribution in [3.63, 3.8) is 0 Å². The molecule has 0 aliphatic carbocycles. The van der Waals surface area contributed by atoms with Gasteiger partial charge in [0.05, 0.1) is 4.92 Å². The van der Waals surface area contributed by atoms with Crippen LogP contribution in [0.25, 0.3) is 0 Å². The summed E-state index contributed by atoms with van der Waals surface area (Å²) in [4.78, 5) is 21.0. The Kier molecular flexibility index (Phi) is 4.64. The van der Waals surface area contributed by atoms with Crippen LogP contribution in [0, 0.1) is 15.9 Å². The number of aldehydes is 1. The molecule has 5 nitrogen and oxygen atoms in total. The molecule has 0 aliphatic heterocycles. The lowest BCUT2D eigenvalue weighted by Gasteiger charge is -2.08. The van der Waals surface area contributed by atoms with Crippen molar-refractivity contribution in [2.45, 2.75) is 6.61 Å². The van der Waals surface area contributed by atoms with Crippen LogP contribution in [-0.4, -0.2) is 11.2 Å². The number of ether oxygens (including phenoxy) is 1. The van der Waals surface area contributed by atoms with E-state index >= 15 is 0 Å². The SMILES string of the molecule is O=Cc1ccc(OCc2cc(F)cc(Br)c2)c([N+](=O)[O-])c1. The highest BCUT2D eigenvalue weighted by Crippen LogP contribution is 2.28. The summed E-state index contributed by atoms with van der Waals surface area (Å²) in [6, 6.07) is 8.10. The molecule has 0 saturated carbocycles. The van der Waals surface area contributed by atoms with Crippen LogP contribution in [0.3, 0.4) is 0 Å². The molecule has 108 valence electrons. The number of nitrogens with zero attached hydrogens (tertiary/aromatic N) is 1. The summed E-state index contributed by atoms with van der Waals surface area (Å²) in [7, 11) is 0. The third kappa shape index (κ3) is 3.85. The first-order valence-corrected chi connectivity index (χ1v) is 6.60. The van der Waals surface area contributed by atoms with Crippen LogP contribution in [0.2, 0.25) is 0 Å². The van der Waals surface area contributed by atoms with E-state index in [2.05, 4.69) is 15.9 Å². The van der Waals surface area contributed by atoms with Crippen LogP contribution in [-0.2, 0) is 6.61 Å². The van der Waals surface area contributed by atoms with E-state index in [0.717, 1.165) is 6.07 Å². The molecule has 7 heteroatoms. The molecule has 0 radical (unpaired) electrons. The first-order chi connectivity index (χ1) is 9.99. The standard InChI is InChI=1S/C14H9BrFNO4/c15-11-3-10(4-12(16)6-11)8-21-14-2-1-9(7-18)5-13(14)17(19)20/h1-7H,8H2. The van der Waals surface area contributed by atoms with Crippen LogP contribution in [0.5, 0.6) is 5.75 Å². The average molecular weight is 354 g/mol. The topological polar surface area (TPSA) is 69.4 Å². The van der Waals surface area contributed by atoms with Crippen LogP contribution < -0.4 is 4.74 Å². The lowest BCUT2D eigenvalue weighted by Crippen LogP contribution is -2.00. The van der Waals surface area contributed by atoms with E-state index < -0.39 is 10.7 Å². The number of nitro benzene ring substituents is 1. The molecule has 0 heterocycles. The van der Waals surface area contributed by atoms with Crippen LogP contribution in [0.4, 0.5) is 10.1 Å². The van der Waals surface area contributed by atoms with Crippen molar-refractivity contribution in [2.75, 3.05) is 0 Å². The summed E-state index contributed by atoms with van der Waals surface area (Å²) in [5, 5.41) is 11.0. The number of halogens is 2. The largest absolute Gasteiger partial charge is 0.482 e. The number of carbonyl (C=O) groups excluding carboxylic acids is 1. The summed E-state index contributed by atoms with van der Waals surface area (Å²) in [6.45, 7) is -0.0301. The lowest BCUT2D eigenvalue weighted by atomic mass is 10.2. The van der Waals surface area contributed by atoms with E-state index in [1.54, 1.807) is 6.07 Å². The third-order valence-corrected chi connectivity index (χ3v) is 3.09. The van der Waals surface area contributed by atoms with Gasteiger partial charge in [-0.25, -0.2) is 4.39 Å². The average Bonchev–Trinajstić information content (AvgIpc) is 2.43. The molecule has 0 aromatic heterocycles. The van der Waals surface area contributed by atoms with Gasteiger partial charge in [0.25, 0.3) is 0 Å². The second-order valence-electron chi connectivity index (χ2n) is 4.17. The van der Waals surface area contributed by atoms with Gasteiger partial charge in [0, 0.05) is 16.1 Å². The Morgan fingerprint density at radius 3 is 2.67 bits per heavy atom. The highest BCUT2D eigenvalue weighted by atomic mass is 79.9.